The number of amides is 3. The molecule has 0 aromatic heterocycles. The first kappa shape index (κ1) is 31.2. The predicted octanol–water partition coefficient (Wildman–Crippen LogP) is 5.90. The number of rotatable bonds is 13. The van der Waals surface area contributed by atoms with Gasteiger partial charge in [0, 0.05) is 23.9 Å². The molecule has 0 aliphatic carbocycles. The van der Waals surface area contributed by atoms with Crippen LogP contribution < -0.4 is 16.0 Å². The Morgan fingerprint density at radius 1 is 0.773 bits per heavy atom. The molecule has 0 aliphatic heterocycles. The van der Waals surface area contributed by atoms with Crippen LogP contribution >= 0.6 is 0 Å². The smallest absolute Gasteiger partial charge is 0.407 e. The van der Waals surface area contributed by atoms with Gasteiger partial charge in [0.15, 0.2) is 0 Å². The standard InChI is InChI=1S/C35H33N3O6/c39-32(40)22-21-28-14-7-8-15-30(28)37-34(42)31(16-9-23-36-35(43)44-24-25-10-3-1-4-11-25)38-33(41)29-19-17-27(18-20-29)26-12-5-2-6-13-26/h1-8,10-15,17-22,31H,9,16,23-24H2,(H,36,43)(H,37,42)(H,38,41)(H,39,40)/t31-/m0/s1. The third-order valence-electron chi connectivity index (χ3n) is 6.65. The Hall–Kier alpha value is -5.70. The lowest BCUT2D eigenvalue weighted by atomic mass is 10.0. The van der Waals surface area contributed by atoms with Gasteiger partial charge in [-0.1, -0.05) is 91.0 Å². The molecule has 0 saturated carbocycles. The molecular formula is C35H33N3O6. The van der Waals surface area contributed by atoms with Gasteiger partial charge in [-0.05, 0) is 59.4 Å². The fourth-order valence-electron chi connectivity index (χ4n) is 4.36. The van der Waals surface area contributed by atoms with Gasteiger partial charge in [0.1, 0.15) is 12.6 Å². The fourth-order valence-corrected chi connectivity index (χ4v) is 4.36. The normalized spacial score (nSPS) is 11.4. The van der Waals surface area contributed by atoms with Crippen molar-refractivity contribution in [2.75, 3.05) is 11.9 Å². The Kier molecular flexibility index (Phi) is 11.4. The molecule has 4 rings (SSSR count). The van der Waals surface area contributed by atoms with Crippen molar-refractivity contribution in [2.24, 2.45) is 0 Å². The molecule has 4 aromatic carbocycles. The summed E-state index contributed by atoms with van der Waals surface area (Å²) in [5, 5.41) is 17.3. The first-order valence-corrected chi connectivity index (χ1v) is 14.1. The SMILES string of the molecule is O=C(O)C=Cc1ccccc1NC(=O)[C@H](CCCNC(=O)OCc1ccccc1)NC(=O)c1ccc(-c2ccccc2)cc1. The second-order valence-electron chi connectivity index (χ2n) is 9.85. The third-order valence-corrected chi connectivity index (χ3v) is 6.65. The molecule has 4 aromatic rings. The third kappa shape index (κ3) is 9.70. The number of benzene rings is 4. The highest BCUT2D eigenvalue weighted by Gasteiger charge is 2.22. The Morgan fingerprint density at radius 3 is 2.11 bits per heavy atom. The van der Waals surface area contributed by atoms with E-state index in [1.807, 2.05) is 72.8 Å². The molecule has 0 unspecified atom stereocenters. The number of aliphatic carboxylic acids is 1. The van der Waals surface area contributed by atoms with Gasteiger partial charge in [0.25, 0.3) is 5.91 Å². The highest BCUT2D eigenvalue weighted by molar-refractivity contribution is 6.02. The van der Waals surface area contributed by atoms with Gasteiger partial charge in [0.2, 0.25) is 5.91 Å². The summed E-state index contributed by atoms with van der Waals surface area (Å²) in [4.78, 5) is 49.8. The monoisotopic (exact) mass is 591 g/mol. The number of carboxylic acid groups (broad SMARTS) is 1. The topological polar surface area (TPSA) is 134 Å². The van der Waals surface area contributed by atoms with Gasteiger partial charge in [-0.3, -0.25) is 9.59 Å². The molecule has 3 amide bonds. The largest absolute Gasteiger partial charge is 0.478 e. The molecule has 0 saturated heterocycles. The van der Waals surface area contributed by atoms with E-state index in [1.165, 1.54) is 6.08 Å². The van der Waals surface area contributed by atoms with Gasteiger partial charge in [-0.25, -0.2) is 9.59 Å². The van der Waals surface area contributed by atoms with Crippen LogP contribution in [0.1, 0.15) is 34.3 Å². The molecular weight excluding hydrogens is 558 g/mol. The molecule has 0 heterocycles. The summed E-state index contributed by atoms with van der Waals surface area (Å²) in [5.74, 6) is -2.04. The highest BCUT2D eigenvalue weighted by Crippen LogP contribution is 2.20. The molecule has 9 nitrogen and oxygen atoms in total. The van der Waals surface area contributed by atoms with Crippen LogP contribution in [0.3, 0.4) is 0 Å². The van der Waals surface area contributed by atoms with Crippen molar-refractivity contribution in [3.63, 3.8) is 0 Å². The van der Waals surface area contributed by atoms with Crippen LogP contribution in [0.4, 0.5) is 10.5 Å². The molecule has 9 heteroatoms. The molecule has 4 N–H and O–H groups in total. The minimum Gasteiger partial charge on any atom is -0.478 e. The molecule has 0 bridgehead atoms. The van der Waals surface area contributed by atoms with E-state index in [4.69, 9.17) is 9.84 Å². The zero-order valence-electron chi connectivity index (χ0n) is 23.9. The predicted molar refractivity (Wildman–Crippen MR) is 169 cm³/mol. The van der Waals surface area contributed by atoms with Gasteiger partial charge < -0.3 is 25.8 Å². The maximum Gasteiger partial charge on any atom is 0.407 e. The van der Waals surface area contributed by atoms with Crippen molar-refractivity contribution in [1.29, 1.82) is 0 Å². The number of ether oxygens (including phenoxy) is 1. The van der Waals surface area contributed by atoms with Crippen LogP contribution in [0.5, 0.6) is 0 Å². The van der Waals surface area contributed by atoms with Gasteiger partial charge >= 0.3 is 12.1 Å². The lowest BCUT2D eigenvalue weighted by Gasteiger charge is -2.20. The number of hydrogen-bond donors (Lipinski definition) is 4. The second-order valence-corrected chi connectivity index (χ2v) is 9.85. The van der Waals surface area contributed by atoms with Crippen LogP contribution in [-0.4, -0.2) is 41.6 Å². The molecule has 0 radical (unpaired) electrons. The maximum atomic E-state index is 13.4. The second kappa shape index (κ2) is 16.1. The Labute approximate surface area is 255 Å². The molecule has 0 fully saturated rings. The number of carboxylic acids is 1. The average Bonchev–Trinajstić information content (AvgIpc) is 3.05. The van der Waals surface area contributed by atoms with Crippen molar-refractivity contribution in [2.45, 2.75) is 25.5 Å². The minimum absolute atomic E-state index is 0.132. The summed E-state index contributed by atoms with van der Waals surface area (Å²) in [7, 11) is 0. The number of para-hydroxylation sites is 1. The number of carbonyl (C=O) groups is 4. The minimum atomic E-state index is -1.12. The quantitative estimate of drug-likeness (QED) is 0.113. The molecule has 0 spiro atoms. The van der Waals surface area contributed by atoms with Crippen molar-refractivity contribution in [3.05, 3.63) is 132 Å². The lowest BCUT2D eigenvalue weighted by molar-refractivity contribution is -0.131. The van der Waals surface area contributed by atoms with Crippen LogP contribution in [0, 0.1) is 0 Å². The van der Waals surface area contributed by atoms with E-state index in [2.05, 4.69) is 16.0 Å². The first-order valence-electron chi connectivity index (χ1n) is 14.1. The summed E-state index contributed by atoms with van der Waals surface area (Å²) in [6, 6.07) is 31.9. The summed E-state index contributed by atoms with van der Waals surface area (Å²) >= 11 is 0. The molecule has 0 aliphatic rings. The van der Waals surface area contributed by atoms with Gasteiger partial charge in [-0.2, -0.15) is 0 Å². The van der Waals surface area contributed by atoms with Crippen molar-refractivity contribution in [3.8, 4) is 11.1 Å². The Bertz CT molecular complexity index is 1590. The van der Waals surface area contributed by atoms with Gasteiger partial charge in [0.05, 0.1) is 0 Å². The zero-order valence-corrected chi connectivity index (χ0v) is 23.9. The summed E-state index contributed by atoms with van der Waals surface area (Å²) in [5.41, 5.74) is 4.10. The van der Waals surface area contributed by atoms with Crippen LogP contribution in [0.15, 0.2) is 115 Å². The van der Waals surface area contributed by atoms with E-state index < -0.39 is 29.9 Å². The Morgan fingerprint density at radius 2 is 1.41 bits per heavy atom. The summed E-state index contributed by atoms with van der Waals surface area (Å²) in [6.45, 7) is 0.351. The number of carbonyl (C=O) groups excluding carboxylic acids is 3. The van der Waals surface area contributed by atoms with E-state index in [-0.39, 0.29) is 19.6 Å². The van der Waals surface area contributed by atoms with Crippen LogP contribution in [0.25, 0.3) is 17.2 Å². The zero-order chi connectivity index (χ0) is 31.1. The fraction of sp³-hybridized carbons (Fsp3) is 0.143. The summed E-state index contributed by atoms with van der Waals surface area (Å²) < 4.78 is 5.23. The number of alkyl carbamates (subject to hydrolysis) is 1. The van der Waals surface area contributed by atoms with Crippen molar-refractivity contribution < 1.29 is 29.0 Å². The van der Waals surface area contributed by atoms with E-state index in [9.17, 15) is 19.2 Å². The van der Waals surface area contributed by atoms with Crippen molar-refractivity contribution >= 4 is 35.6 Å². The summed E-state index contributed by atoms with van der Waals surface area (Å²) in [6.07, 6.45) is 2.35. The first-order chi connectivity index (χ1) is 21.4. The van der Waals surface area contributed by atoms with E-state index in [0.717, 1.165) is 22.8 Å². The van der Waals surface area contributed by atoms with E-state index in [0.29, 0.717) is 23.2 Å². The molecule has 1 atom stereocenters. The van der Waals surface area contributed by atoms with Crippen LogP contribution in [0.2, 0.25) is 0 Å². The Balaban J connectivity index is 1.40. The van der Waals surface area contributed by atoms with E-state index in [1.54, 1.807) is 36.4 Å². The maximum absolute atomic E-state index is 13.4. The number of anilines is 1. The average molecular weight is 592 g/mol. The van der Waals surface area contributed by atoms with Crippen molar-refractivity contribution in [1.82, 2.24) is 10.6 Å². The van der Waals surface area contributed by atoms with E-state index >= 15 is 0 Å². The number of nitrogens with one attached hydrogen (secondary N) is 3. The highest BCUT2D eigenvalue weighted by atomic mass is 16.5. The number of hydrogen-bond acceptors (Lipinski definition) is 5. The molecule has 44 heavy (non-hydrogen) atoms. The lowest BCUT2D eigenvalue weighted by Crippen LogP contribution is -2.44. The molecule has 224 valence electrons. The van der Waals surface area contributed by atoms with Crippen LogP contribution in [-0.2, 0) is 20.9 Å². The van der Waals surface area contributed by atoms with Gasteiger partial charge in [-0.15, -0.1) is 0 Å².